The molecule has 4 nitrogen and oxygen atoms in total. The Hall–Kier alpha value is -1.81. The van der Waals surface area contributed by atoms with Gasteiger partial charge >= 0.3 is 0 Å². The van der Waals surface area contributed by atoms with Crippen molar-refractivity contribution < 1.29 is 4.42 Å². The summed E-state index contributed by atoms with van der Waals surface area (Å²) in [6.45, 7) is 0. The Morgan fingerprint density at radius 2 is 2.00 bits per heavy atom. The zero-order valence-corrected chi connectivity index (χ0v) is 9.52. The summed E-state index contributed by atoms with van der Waals surface area (Å²) in [4.78, 5) is 4.20. The molecule has 3 rings (SSSR count). The highest BCUT2D eigenvalue weighted by Crippen LogP contribution is 2.34. The van der Waals surface area contributed by atoms with Gasteiger partial charge in [0.25, 0.3) is 6.01 Å². The van der Waals surface area contributed by atoms with Crippen molar-refractivity contribution in [2.24, 2.45) is 5.73 Å². The number of hydrogen-bond donors (Lipinski definition) is 2. The maximum atomic E-state index is 6.48. The van der Waals surface area contributed by atoms with Gasteiger partial charge < -0.3 is 15.9 Å². The number of benzene rings is 1. The number of hydrogen-bond acceptors (Lipinski definition) is 4. The number of aryl methyl sites for hydroxylation is 1. The molecule has 1 heterocycles. The maximum absolute atomic E-state index is 6.48. The minimum Gasteiger partial charge on any atom is -0.429 e. The summed E-state index contributed by atoms with van der Waals surface area (Å²) in [7, 11) is 0. The van der Waals surface area contributed by atoms with Gasteiger partial charge in [-0.2, -0.15) is 4.98 Å². The predicted molar refractivity (Wildman–Crippen MR) is 65.2 cm³/mol. The molecule has 1 atom stereocenters. The van der Waals surface area contributed by atoms with Crippen LogP contribution in [0, 0.1) is 0 Å². The molecule has 1 unspecified atom stereocenters. The van der Waals surface area contributed by atoms with Crippen LogP contribution in [0.1, 0.15) is 23.4 Å². The van der Waals surface area contributed by atoms with Crippen LogP contribution >= 0.6 is 0 Å². The molecule has 0 aliphatic heterocycles. The van der Waals surface area contributed by atoms with Crippen LogP contribution in [0.3, 0.4) is 0 Å². The van der Waals surface area contributed by atoms with E-state index >= 15 is 0 Å². The lowest BCUT2D eigenvalue weighted by Gasteiger charge is -2.32. The Bertz CT molecular complexity index is 535. The molecule has 0 bridgehead atoms. The molecule has 17 heavy (non-hydrogen) atoms. The Morgan fingerprint density at radius 3 is 2.76 bits per heavy atom. The summed E-state index contributed by atoms with van der Waals surface area (Å²) in [6.07, 6.45) is 2.34. The molecule has 4 N–H and O–H groups in total. The van der Waals surface area contributed by atoms with Gasteiger partial charge in [0.1, 0.15) is 5.76 Å². The van der Waals surface area contributed by atoms with E-state index in [0.717, 1.165) is 29.9 Å². The molecule has 0 amide bonds. The Kier molecular flexibility index (Phi) is 2.19. The van der Waals surface area contributed by atoms with Crippen LogP contribution in [-0.2, 0) is 18.4 Å². The number of anilines is 1. The fourth-order valence-corrected chi connectivity index (χ4v) is 2.48. The molecule has 1 aromatic heterocycles. The SMILES string of the molecule is Nc1nc2c(o1)CCC(N)(c1ccccc1)C2. The summed E-state index contributed by atoms with van der Waals surface area (Å²) in [5.41, 5.74) is 13.7. The molecule has 4 heteroatoms. The van der Waals surface area contributed by atoms with Crippen LogP contribution in [0.25, 0.3) is 0 Å². The highest BCUT2D eigenvalue weighted by molar-refractivity contribution is 5.32. The van der Waals surface area contributed by atoms with E-state index in [1.807, 2.05) is 18.2 Å². The molecule has 88 valence electrons. The van der Waals surface area contributed by atoms with Crippen molar-refractivity contribution in [3.63, 3.8) is 0 Å². The van der Waals surface area contributed by atoms with Crippen LogP contribution < -0.4 is 11.5 Å². The first-order valence-corrected chi connectivity index (χ1v) is 5.76. The monoisotopic (exact) mass is 229 g/mol. The number of nitrogen functional groups attached to an aromatic ring is 1. The smallest absolute Gasteiger partial charge is 0.292 e. The van der Waals surface area contributed by atoms with E-state index in [-0.39, 0.29) is 11.6 Å². The van der Waals surface area contributed by atoms with E-state index in [2.05, 4.69) is 17.1 Å². The quantitative estimate of drug-likeness (QED) is 0.778. The van der Waals surface area contributed by atoms with Gasteiger partial charge in [0, 0.05) is 18.4 Å². The number of oxazole rings is 1. The van der Waals surface area contributed by atoms with E-state index in [4.69, 9.17) is 15.9 Å². The van der Waals surface area contributed by atoms with Gasteiger partial charge in [0.15, 0.2) is 0 Å². The topological polar surface area (TPSA) is 78.1 Å². The molecule has 0 fully saturated rings. The largest absolute Gasteiger partial charge is 0.429 e. The van der Waals surface area contributed by atoms with Gasteiger partial charge in [-0.25, -0.2) is 0 Å². The summed E-state index contributed by atoms with van der Waals surface area (Å²) in [5.74, 6) is 0.888. The Balaban J connectivity index is 1.97. The first kappa shape index (κ1) is 10.4. The van der Waals surface area contributed by atoms with E-state index in [9.17, 15) is 0 Å². The lowest BCUT2D eigenvalue weighted by molar-refractivity contribution is 0.354. The first-order valence-electron chi connectivity index (χ1n) is 5.76. The second-order valence-corrected chi connectivity index (χ2v) is 4.62. The average Bonchev–Trinajstić information content (AvgIpc) is 2.69. The van der Waals surface area contributed by atoms with Crippen LogP contribution in [-0.4, -0.2) is 4.98 Å². The third-order valence-electron chi connectivity index (χ3n) is 3.42. The highest BCUT2D eigenvalue weighted by Gasteiger charge is 2.34. The van der Waals surface area contributed by atoms with Crippen molar-refractivity contribution >= 4 is 6.01 Å². The normalized spacial score (nSPS) is 23.4. The highest BCUT2D eigenvalue weighted by atomic mass is 16.4. The maximum Gasteiger partial charge on any atom is 0.292 e. The number of aromatic nitrogens is 1. The predicted octanol–water partition coefficient (Wildman–Crippen LogP) is 1.60. The Morgan fingerprint density at radius 1 is 1.24 bits per heavy atom. The summed E-state index contributed by atoms with van der Waals surface area (Å²) >= 11 is 0. The minimum atomic E-state index is -0.350. The molecule has 0 saturated carbocycles. The number of nitrogens with two attached hydrogens (primary N) is 2. The summed E-state index contributed by atoms with van der Waals surface area (Å²) in [6, 6.07) is 10.4. The van der Waals surface area contributed by atoms with Crippen molar-refractivity contribution in [3.05, 3.63) is 47.3 Å². The zero-order chi connectivity index (χ0) is 11.9. The molecular weight excluding hydrogens is 214 g/mol. The summed E-state index contributed by atoms with van der Waals surface area (Å²) in [5, 5.41) is 0. The number of fused-ring (bicyclic) bond motifs is 1. The summed E-state index contributed by atoms with van der Waals surface area (Å²) < 4.78 is 5.35. The fourth-order valence-electron chi connectivity index (χ4n) is 2.48. The van der Waals surface area contributed by atoms with Crippen LogP contribution in [0.2, 0.25) is 0 Å². The number of rotatable bonds is 1. The van der Waals surface area contributed by atoms with Gasteiger partial charge in [0.2, 0.25) is 0 Å². The van der Waals surface area contributed by atoms with Crippen molar-refractivity contribution in [3.8, 4) is 0 Å². The van der Waals surface area contributed by atoms with E-state index in [0.29, 0.717) is 6.42 Å². The fraction of sp³-hybridized carbons (Fsp3) is 0.308. The first-order chi connectivity index (χ1) is 8.17. The van der Waals surface area contributed by atoms with Crippen molar-refractivity contribution in [2.75, 3.05) is 5.73 Å². The van der Waals surface area contributed by atoms with Crippen molar-refractivity contribution in [1.82, 2.24) is 4.98 Å². The molecule has 2 aromatic rings. The molecule has 0 saturated heterocycles. The van der Waals surface area contributed by atoms with E-state index in [1.54, 1.807) is 0 Å². The minimum absolute atomic E-state index is 0.243. The molecule has 0 spiro atoms. The lowest BCUT2D eigenvalue weighted by atomic mass is 9.78. The molecular formula is C13H15N3O. The molecule has 1 aromatic carbocycles. The van der Waals surface area contributed by atoms with E-state index in [1.165, 1.54) is 0 Å². The van der Waals surface area contributed by atoms with Crippen molar-refractivity contribution in [2.45, 2.75) is 24.8 Å². The Labute approximate surface area is 99.6 Å². The molecule has 1 aliphatic carbocycles. The van der Waals surface area contributed by atoms with Gasteiger partial charge in [-0.1, -0.05) is 30.3 Å². The number of nitrogens with zero attached hydrogens (tertiary/aromatic N) is 1. The standard InChI is InChI=1S/C13H15N3O/c14-12-16-10-8-13(15,7-6-11(10)17-12)9-4-2-1-3-5-9/h1-5H,6-8,15H2,(H2,14,16). The lowest BCUT2D eigenvalue weighted by Crippen LogP contribution is -2.42. The van der Waals surface area contributed by atoms with Gasteiger partial charge in [-0.15, -0.1) is 0 Å². The molecule has 1 aliphatic rings. The third kappa shape index (κ3) is 1.70. The van der Waals surface area contributed by atoms with Gasteiger partial charge in [0.05, 0.1) is 5.69 Å². The van der Waals surface area contributed by atoms with Gasteiger partial charge in [-0.3, -0.25) is 0 Å². The van der Waals surface area contributed by atoms with Crippen LogP contribution in [0.5, 0.6) is 0 Å². The van der Waals surface area contributed by atoms with Crippen molar-refractivity contribution in [1.29, 1.82) is 0 Å². The van der Waals surface area contributed by atoms with Gasteiger partial charge in [-0.05, 0) is 12.0 Å². The average molecular weight is 229 g/mol. The molecule has 0 radical (unpaired) electrons. The van der Waals surface area contributed by atoms with Crippen LogP contribution in [0.4, 0.5) is 6.01 Å². The second-order valence-electron chi connectivity index (χ2n) is 4.62. The third-order valence-corrected chi connectivity index (χ3v) is 3.42. The zero-order valence-electron chi connectivity index (χ0n) is 9.52. The van der Waals surface area contributed by atoms with E-state index < -0.39 is 0 Å². The second kappa shape index (κ2) is 3.60. The van der Waals surface area contributed by atoms with Crippen LogP contribution in [0.15, 0.2) is 34.7 Å².